The molecule has 4 N–H and O–H groups in total. The van der Waals surface area contributed by atoms with E-state index in [1.54, 1.807) is 55.4 Å². The van der Waals surface area contributed by atoms with Crippen molar-refractivity contribution in [3.63, 3.8) is 0 Å². The minimum Gasteiger partial charge on any atom is -0.342 e. The lowest BCUT2D eigenvalue weighted by atomic mass is 9.99. The molecule has 0 spiro atoms. The lowest BCUT2D eigenvalue weighted by molar-refractivity contribution is -0.134. The molecule has 0 aliphatic carbocycles. The number of hydrogen-bond donors (Lipinski definition) is 4. The number of rotatable bonds is 12. The Morgan fingerprint density at radius 1 is 0.612 bits per heavy atom. The van der Waals surface area contributed by atoms with E-state index in [2.05, 4.69) is 121 Å². The van der Waals surface area contributed by atoms with Crippen LogP contribution in [0.2, 0.25) is 0 Å². The summed E-state index contributed by atoms with van der Waals surface area (Å²) >= 11 is 3.09. The van der Waals surface area contributed by atoms with Crippen molar-refractivity contribution in [1.82, 2.24) is 59.6 Å². The Morgan fingerprint density at radius 3 is 1.64 bits per heavy atom. The Morgan fingerprint density at radius 2 is 1.10 bits per heavy atom. The molecule has 67 heavy (non-hydrogen) atoms. The monoisotopic (exact) mass is 960 g/mol. The summed E-state index contributed by atoms with van der Waals surface area (Å²) in [6.45, 7) is 9.49. The Bertz CT molecular complexity index is 2950. The molecule has 2 saturated heterocycles. The smallest absolute Gasteiger partial charge is 0.246 e. The molecular weight excluding hydrogens is 909 g/mol. The number of amides is 2. The van der Waals surface area contributed by atoms with E-state index >= 15 is 0 Å². The highest BCUT2D eigenvalue weighted by atomic mass is 79.9. The van der Waals surface area contributed by atoms with Gasteiger partial charge in [0.25, 0.3) is 0 Å². The fraction of sp³-hybridized carbons (Fsp3) is 0.320. The van der Waals surface area contributed by atoms with Gasteiger partial charge in [0.05, 0.1) is 35.0 Å². The molecule has 342 valence electrons. The van der Waals surface area contributed by atoms with Crippen LogP contribution in [0.5, 0.6) is 0 Å². The fourth-order valence-electron chi connectivity index (χ4n) is 8.93. The van der Waals surface area contributed by atoms with Gasteiger partial charge < -0.3 is 30.4 Å². The first kappa shape index (κ1) is 45.0. The fourth-order valence-corrected chi connectivity index (χ4v) is 9.17. The molecule has 0 bridgehead atoms. The van der Waals surface area contributed by atoms with Crippen LogP contribution in [-0.4, -0.2) is 96.6 Å². The summed E-state index contributed by atoms with van der Waals surface area (Å²) < 4.78 is 0.634. The Hall–Kier alpha value is -7.14. The van der Waals surface area contributed by atoms with E-state index in [4.69, 9.17) is 9.97 Å². The van der Waals surface area contributed by atoms with Crippen LogP contribution in [0.1, 0.15) is 77.1 Å². The van der Waals surface area contributed by atoms with Crippen molar-refractivity contribution in [1.29, 1.82) is 0 Å². The maximum atomic E-state index is 14.0. The van der Waals surface area contributed by atoms with E-state index in [0.717, 1.165) is 81.5 Å². The van der Waals surface area contributed by atoms with Gasteiger partial charge >= 0.3 is 0 Å². The number of fused-ring (bicyclic) bond motifs is 2. The van der Waals surface area contributed by atoms with Gasteiger partial charge in [-0.2, -0.15) is 0 Å². The molecule has 2 aliphatic heterocycles. The molecule has 16 nitrogen and oxygen atoms in total. The Balaban J connectivity index is 0.000000737. The number of hydrogen-bond acceptors (Lipinski definition) is 12. The first-order valence-electron chi connectivity index (χ1n) is 22.8. The summed E-state index contributed by atoms with van der Waals surface area (Å²) in [6, 6.07) is 23.4. The number of halogens is 1. The molecule has 0 radical (unpaired) electrons. The standard InChI is InChI=1S/C46H50N12O2.C4H3BrN2/c1-27(2)39(55-45-47-17-7-18-48-45)43(59)57-21-5-9-37(57)41-51-26-36(54-41)33-14-13-29-23-30(11-12-31(29)24-33)32-15-16-34-35(25-32)53-42(52-34)38-10-6-22-58(38)44(60)40(28(3)4)56-46-49-19-8-20-50-46;5-4-6-2-1-3-7-4/h7-8,11-20,23-28,37-40H,5-6,9-10,21-22H2,1-4H3,(H,51,54)(H,52,53)(H,47,48,55)(H,49,50,56);1-3H/t37-,38-,39-,40-;/m0./s1. The summed E-state index contributed by atoms with van der Waals surface area (Å²) in [5, 5.41) is 8.76. The first-order chi connectivity index (χ1) is 32.6. The number of nitrogens with zero attached hydrogens (tertiary/aromatic N) is 10. The first-order valence-corrected chi connectivity index (χ1v) is 23.6. The van der Waals surface area contributed by atoms with Crippen LogP contribution in [0, 0.1) is 11.8 Å². The predicted octanol–water partition coefficient (Wildman–Crippen LogP) is 9.19. The van der Waals surface area contributed by atoms with Gasteiger partial charge in [0.15, 0.2) is 4.73 Å². The number of benzene rings is 3. The molecule has 2 fully saturated rings. The van der Waals surface area contributed by atoms with Crippen LogP contribution < -0.4 is 10.6 Å². The second-order valence-electron chi connectivity index (χ2n) is 17.6. The number of likely N-dealkylation sites (tertiary alicyclic amines) is 2. The molecule has 2 aliphatic rings. The molecule has 8 aromatic rings. The SMILES string of the molecule is Brc1ncccn1.CC(C)[C@H](Nc1ncccn1)C(=O)N1CCC[C@H]1c1ncc(-c2ccc3cc(-c4ccc5nc([C@@H]6CCCN6C(=O)[C@@H](Nc6ncccn6)C(C)C)[nH]c5c4)ccc3c2)[nH]1. The molecular formula is C50H53BrN14O2. The largest absolute Gasteiger partial charge is 0.342 e. The topological polar surface area (TPSA) is 199 Å². The third-order valence-corrected chi connectivity index (χ3v) is 12.8. The van der Waals surface area contributed by atoms with Crippen LogP contribution in [-0.2, 0) is 9.59 Å². The molecule has 4 atom stereocenters. The zero-order valence-electron chi connectivity index (χ0n) is 37.8. The minimum atomic E-state index is -0.451. The summed E-state index contributed by atoms with van der Waals surface area (Å²) in [7, 11) is 0. The quantitative estimate of drug-likeness (QED) is 0.0848. The van der Waals surface area contributed by atoms with Gasteiger partial charge in [-0.25, -0.2) is 39.9 Å². The van der Waals surface area contributed by atoms with Crippen molar-refractivity contribution < 1.29 is 9.59 Å². The summed E-state index contributed by atoms with van der Waals surface area (Å²) in [6.07, 6.45) is 15.4. The molecule has 17 heteroatoms. The minimum absolute atomic E-state index is 0.0300. The zero-order valence-corrected chi connectivity index (χ0v) is 39.4. The van der Waals surface area contributed by atoms with E-state index in [9.17, 15) is 9.59 Å². The second-order valence-corrected chi connectivity index (χ2v) is 18.3. The number of aromatic nitrogens is 10. The molecule has 0 unspecified atom stereocenters. The van der Waals surface area contributed by atoms with Gasteiger partial charge in [-0.3, -0.25) is 9.59 Å². The van der Waals surface area contributed by atoms with Crippen molar-refractivity contribution in [3.8, 4) is 22.4 Å². The highest BCUT2D eigenvalue weighted by molar-refractivity contribution is 9.10. The van der Waals surface area contributed by atoms with Gasteiger partial charge in [-0.1, -0.05) is 58.0 Å². The van der Waals surface area contributed by atoms with Crippen LogP contribution in [0.15, 0.2) is 121 Å². The average Bonchev–Trinajstić information content (AvgIpc) is 4.20. The number of nitrogens with one attached hydrogen (secondary N) is 4. The molecule has 3 aromatic carbocycles. The van der Waals surface area contributed by atoms with Gasteiger partial charge in [0, 0.05) is 55.8 Å². The van der Waals surface area contributed by atoms with Gasteiger partial charge in [-0.05, 0) is 118 Å². The van der Waals surface area contributed by atoms with E-state index in [1.165, 1.54) is 0 Å². The summed E-state index contributed by atoms with van der Waals surface area (Å²) in [5.74, 6) is 2.65. The maximum absolute atomic E-state index is 14.0. The molecule has 0 saturated carbocycles. The van der Waals surface area contributed by atoms with Crippen molar-refractivity contribution in [2.24, 2.45) is 11.8 Å². The average molecular weight is 962 g/mol. The maximum Gasteiger partial charge on any atom is 0.246 e. The number of anilines is 2. The lowest BCUT2D eigenvalue weighted by Crippen LogP contribution is -2.45. The molecule has 2 amide bonds. The van der Waals surface area contributed by atoms with E-state index < -0.39 is 12.1 Å². The van der Waals surface area contributed by atoms with Crippen LogP contribution in [0.3, 0.4) is 0 Å². The van der Waals surface area contributed by atoms with E-state index in [0.29, 0.717) is 29.7 Å². The highest BCUT2D eigenvalue weighted by Crippen LogP contribution is 2.36. The van der Waals surface area contributed by atoms with Crippen LogP contribution >= 0.6 is 15.9 Å². The molecule has 7 heterocycles. The summed E-state index contributed by atoms with van der Waals surface area (Å²) in [4.78, 5) is 73.4. The normalized spacial score (nSPS) is 16.9. The van der Waals surface area contributed by atoms with Crippen LogP contribution in [0.25, 0.3) is 44.2 Å². The van der Waals surface area contributed by atoms with Crippen molar-refractivity contribution in [2.45, 2.75) is 77.5 Å². The lowest BCUT2D eigenvalue weighted by Gasteiger charge is -2.30. The van der Waals surface area contributed by atoms with Crippen molar-refractivity contribution >= 4 is 61.4 Å². The summed E-state index contributed by atoms with van der Waals surface area (Å²) in [5.41, 5.74) is 5.93. The Labute approximate surface area is 397 Å². The number of H-pyrrole nitrogens is 2. The highest BCUT2D eigenvalue weighted by Gasteiger charge is 2.38. The molecule has 10 rings (SSSR count). The van der Waals surface area contributed by atoms with Gasteiger partial charge in [0.2, 0.25) is 23.7 Å². The van der Waals surface area contributed by atoms with E-state index in [-0.39, 0.29) is 35.7 Å². The second kappa shape index (κ2) is 20.2. The number of aromatic amines is 2. The number of carbonyl (C=O) groups is 2. The third kappa shape index (κ3) is 10.2. The molecule has 5 aromatic heterocycles. The van der Waals surface area contributed by atoms with Gasteiger partial charge in [-0.15, -0.1) is 0 Å². The Kier molecular flexibility index (Phi) is 13.6. The van der Waals surface area contributed by atoms with Crippen LogP contribution in [0.4, 0.5) is 11.9 Å². The predicted molar refractivity (Wildman–Crippen MR) is 262 cm³/mol. The third-order valence-electron chi connectivity index (χ3n) is 12.4. The van der Waals surface area contributed by atoms with Crippen molar-refractivity contribution in [2.75, 3.05) is 23.7 Å². The number of carbonyl (C=O) groups excluding carboxylic acids is 2. The van der Waals surface area contributed by atoms with Crippen molar-refractivity contribution in [3.05, 3.63) is 133 Å². The number of imidazole rings is 2. The van der Waals surface area contributed by atoms with E-state index in [1.807, 2.05) is 43.7 Å². The zero-order chi connectivity index (χ0) is 46.4. The van der Waals surface area contributed by atoms with Gasteiger partial charge in [0.1, 0.15) is 23.7 Å².